The number of thiol groups is 3. The molecule has 3 saturated heterocycles. The van der Waals surface area contributed by atoms with Gasteiger partial charge in [-0.2, -0.15) is 37.9 Å². The molecule has 8 amide bonds. The molecule has 3 aliphatic heterocycles. The van der Waals surface area contributed by atoms with E-state index in [0.29, 0.717) is 44.2 Å². The molecule has 3 fully saturated rings. The van der Waals surface area contributed by atoms with Crippen LogP contribution in [0.4, 0.5) is 0 Å². The number of ether oxygens (including phenoxy) is 1. The number of cyclic esters (lactones) is 1. The molecule has 0 saturated carbocycles. The molecular formula is C56H83N11O13S3. The van der Waals surface area contributed by atoms with Crippen LogP contribution < -0.4 is 38.1 Å². The Hall–Kier alpha value is -6.03. The zero-order chi connectivity index (χ0) is 60.9. The number of likely N-dealkylation sites (tertiary alicyclic amines) is 1. The summed E-state index contributed by atoms with van der Waals surface area (Å²) in [4.78, 5) is 175. The average molecular weight is 1210 g/mol. The Morgan fingerprint density at radius 3 is 2.13 bits per heavy atom. The maximum absolute atomic E-state index is 14.6. The lowest BCUT2D eigenvalue weighted by Gasteiger charge is -2.30. The van der Waals surface area contributed by atoms with Crippen molar-refractivity contribution in [3.05, 3.63) is 36.0 Å². The molecule has 0 aliphatic carbocycles. The van der Waals surface area contributed by atoms with E-state index in [1.807, 2.05) is 43.3 Å². The Morgan fingerprint density at radius 1 is 0.759 bits per heavy atom. The molecular weight excluding hydrogens is 1130 g/mol. The summed E-state index contributed by atoms with van der Waals surface area (Å²) in [6.45, 7) is 2.30. The van der Waals surface area contributed by atoms with E-state index in [9.17, 15) is 57.5 Å². The minimum Gasteiger partial charge on any atom is -0.453 e. The predicted octanol–water partition coefficient (Wildman–Crippen LogP) is 0.0875. The first-order valence-corrected chi connectivity index (χ1v) is 30.4. The number of ketones is 3. The third-order valence-corrected chi connectivity index (χ3v) is 16.5. The summed E-state index contributed by atoms with van der Waals surface area (Å²) in [7, 11) is 3.80. The first-order chi connectivity index (χ1) is 39.6. The van der Waals surface area contributed by atoms with Crippen LogP contribution in [0.3, 0.4) is 0 Å². The van der Waals surface area contributed by atoms with Gasteiger partial charge >= 0.3 is 5.97 Å². The van der Waals surface area contributed by atoms with Crippen LogP contribution in [0.5, 0.6) is 0 Å². The summed E-state index contributed by atoms with van der Waals surface area (Å²) in [5, 5.41) is 14.2. The van der Waals surface area contributed by atoms with Gasteiger partial charge in [0.1, 0.15) is 24.2 Å². The first-order valence-electron chi connectivity index (χ1n) is 28.5. The van der Waals surface area contributed by atoms with E-state index in [4.69, 9.17) is 16.2 Å². The minimum absolute atomic E-state index is 0.00693. The maximum atomic E-state index is 14.6. The summed E-state index contributed by atoms with van der Waals surface area (Å²) in [6.07, 6.45) is 0.858. The number of unbranched alkanes of at least 4 members (excludes halogenated alkanes) is 2. The third kappa shape index (κ3) is 20.1. The molecule has 5 rings (SSSR count). The molecule has 0 unspecified atom stereocenters. The number of H-pyrrole nitrogens is 1. The van der Waals surface area contributed by atoms with Crippen LogP contribution in [-0.2, 0) is 68.7 Å². The SMILES string of the molecule is C[C@@H]1OC(=O)[C@@H]2CCCN2C(=O)[C@H](CS)NC(=O)[C@H](Cc2c[nH]c3ccccc23)CC(=O)[C@H](CCCCN(C)C)NC(=O)CCC(=O)[C@H](CS)NC(=O)C[C@@H](C(=O)N2CCC[C@H]2C(N)=O)NC(=O)[C@H](CCCCNC(=O)[C@@H](N)CS)CC1=O. The Kier molecular flexibility index (Phi) is 27.3. The van der Waals surface area contributed by atoms with Crippen molar-refractivity contribution in [2.75, 3.05) is 57.5 Å². The van der Waals surface area contributed by atoms with Crippen molar-refractivity contribution in [1.29, 1.82) is 0 Å². The molecule has 0 spiro atoms. The summed E-state index contributed by atoms with van der Waals surface area (Å²) < 4.78 is 5.72. The third-order valence-electron chi connectivity index (χ3n) is 15.4. The van der Waals surface area contributed by atoms with Crippen molar-refractivity contribution in [2.24, 2.45) is 23.3 Å². The topological polar surface area (TPSA) is 352 Å². The number of hydrogen-bond acceptors (Lipinski definition) is 18. The van der Waals surface area contributed by atoms with E-state index in [2.05, 4.69) is 69.5 Å². The second kappa shape index (κ2) is 33.5. The number of aromatic nitrogens is 1. The second-order valence-corrected chi connectivity index (χ2v) is 23.0. The van der Waals surface area contributed by atoms with Crippen LogP contribution in [-0.4, -0.2) is 196 Å². The second-order valence-electron chi connectivity index (χ2n) is 21.9. The highest BCUT2D eigenvalue weighted by molar-refractivity contribution is 7.80. The van der Waals surface area contributed by atoms with E-state index in [-0.39, 0.29) is 81.8 Å². The van der Waals surface area contributed by atoms with Gasteiger partial charge in [0.15, 0.2) is 23.5 Å². The van der Waals surface area contributed by atoms with Crippen LogP contribution in [0, 0.1) is 11.8 Å². The van der Waals surface area contributed by atoms with Crippen molar-refractivity contribution in [3.63, 3.8) is 0 Å². The fraction of sp³-hybridized carbons (Fsp3) is 0.643. The molecule has 2 aromatic rings. The van der Waals surface area contributed by atoms with Crippen molar-refractivity contribution < 1.29 is 62.3 Å². The van der Waals surface area contributed by atoms with Crippen LogP contribution in [0.15, 0.2) is 30.5 Å². The van der Waals surface area contributed by atoms with Crippen LogP contribution >= 0.6 is 37.9 Å². The van der Waals surface area contributed by atoms with Gasteiger partial charge in [0, 0.05) is 91.5 Å². The number of fused-ring (bicyclic) bond motifs is 2. The predicted molar refractivity (Wildman–Crippen MR) is 318 cm³/mol. The standard InChI is InChI=1S/C56H83N11O13S3/c1-32-46(69)25-33(12-6-8-20-59-53(76)37(57)29-81)51(74)63-40(54(77)66-22-10-16-43(66)50(58)73)27-49(72)62-41(30-82)45(68)18-19-48(71)61-39(15-7-9-21-65(2)3)47(70)26-34(24-35-28-60-38-14-5-4-13-36(35)38)52(75)64-42(31-83)55(78)67-23-11-17-44(67)56(79)80-32/h4-5,13-14,28,32-34,37,39-44,60,81-83H,6-12,15-27,29-31,57H2,1-3H3,(H2,58,73)(H,59,76)(H,61,71)(H,62,72)(H,63,74)(H,64,75)/t32-,33+,34+,37-,39-,40-,41-,42-,43-,44-/m0/s1. The number of nitrogens with one attached hydrogen (secondary N) is 6. The van der Waals surface area contributed by atoms with Gasteiger partial charge in [0.2, 0.25) is 47.3 Å². The molecule has 10 atom stereocenters. The number of rotatable bonds is 18. The number of nitrogens with two attached hydrogens (primary N) is 2. The lowest BCUT2D eigenvalue weighted by Crippen LogP contribution is -2.55. The largest absolute Gasteiger partial charge is 0.453 e. The number of benzene rings is 1. The summed E-state index contributed by atoms with van der Waals surface area (Å²) >= 11 is 12.8. The fourth-order valence-electron chi connectivity index (χ4n) is 10.6. The summed E-state index contributed by atoms with van der Waals surface area (Å²) in [5.41, 5.74) is 13.0. The Bertz CT molecular complexity index is 2660. The quantitative estimate of drug-likeness (QED) is 0.0535. The number of para-hydroxylation sites is 1. The maximum Gasteiger partial charge on any atom is 0.329 e. The normalized spacial score (nSPS) is 25.9. The highest BCUT2D eigenvalue weighted by atomic mass is 32.1. The van der Waals surface area contributed by atoms with E-state index < -0.39 is 156 Å². The van der Waals surface area contributed by atoms with E-state index in [0.717, 1.165) is 15.8 Å². The number of aromatic amines is 1. The Balaban J connectivity index is 1.49. The van der Waals surface area contributed by atoms with Crippen molar-refractivity contribution >= 4 is 119 Å². The van der Waals surface area contributed by atoms with E-state index >= 15 is 0 Å². The molecule has 458 valence electrons. The van der Waals surface area contributed by atoms with Crippen molar-refractivity contribution in [3.8, 4) is 0 Å². The Labute approximate surface area is 500 Å². The summed E-state index contributed by atoms with van der Waals surface area (Å²) in [6, 6.07) is -1.03. The number of primary amides is 1. The lowest BCUT2D eigenvalue weighted by molar-refractivity contribution is -0.161. The number of carbonyl (C=O) groups excluding carboxylic acids is 12. The molecule has 83 heavy (non-hydrogen) atoms. The van der Waals surface area contributed by atoms with Gasteiger partial charge in [-0.15, -0.1) is 0 Å². The molecule has 1 aromatic heterocycles. The van der Waals surface area contributed by atoms with Gasteiger partial charge < -0.3 is 62.5 Å². The van der Waals surface area contributed by atoms with Crippen molar-refractivity contribution in [2.45, 2.75) is 158 Å². The number of nitrogens with zero attached hydrogens (tertiary/aromatic N) is 3. The number of amides is 8. The minimum atomic E-state index is -1.66. The number of esters is 1. The van der Waals surface area contributed by atoms with Gasteiger partial charge in [0.25, 0.3) is 0 Å². The average Bonchev–Trinajstić information content (AvgIpc) is 4.27. The molecule has 0 radical (unpaired) electrons. The van der Waals surface area contributed by atoms with Crippen LogP contribution in [0.1, 0.15) is 109 Å². The molecule has 0 bridgehead atoms. The zero-order valence-corrected chi connectivity index (χ0v) is 50.3. The number of hydrogen-bond donors (Lipinski definition) is 11. The highest BCUT2D eigenvalue weighted by Gasteiger charge is 2.42. The lowest BCUT2D eigenvalue weighted by atomic mass is 9.89. The van der Waals surface area contributed by atoms with Gasteiger partial charge in [-0.05, 0) is 103 Å². The number of carbonyl (C=O) groups is 12. The molecule has 1 aromatic carbocycles. The zero-order valence-electron chi connectivity index (χ0n) is 47.6. The fourth-order valence-corrected chi connectivity index (χ4v) is 11.3. The molecule has 4 heterocycles. The van der Waals surface area contributed by atoms with E-state index in [1.54, 1.807) is 6.20 Å². The smallest absolute Gasteiger partial charge is 0.329 e. The highest BCUT2D eigenvalue weighted by Crippen LogP contribution is 2.27. The van der Waals surface area contributed by atoms with Crippen molar-refractivity contribution in [1.82, 2.24) is 46.3 Å². The van der Waals surface area contributed by atoms with Crippen LogP contribution in [0.2, 0.25) is 0 Å². The summed E-state index contributed by atoms with van der Waals surface area (Å²) in [5.74, 6) is -11.2. The van der Waals surface area contributed by atoms with Gasteiger partial charge in [0.05, 0.1) is 24.5 Å². The molecule has 3 aliphatic rings. The monoisotopic (exact) mass is 1210 g/mol. The molecule has 27 heteroatoms. The number of Topliss-reactive ketones (excluding diaryl/α,β-unsaturated/α-hetero) is 3. The van der Waals surface area contributed by atoms with Gasteiger partial charge in [-0.25, -0.2) is 4.79 Å². The first kappa shape index (κ1) is 67.8. The van der Waals surface area contributed by atoms with Gasteiger partial charge in [-0.3, -0.25) is 52.7 Å². The molecule has 24 nitrogen and oxygen atoms in total. The van der Waals surface area contributed by atoms with Gasteiger partial charge in [-0.1, -0.05) is 24.6 Å². The molecule has 10 N–H and O–H groups in total. The van der Waals surface area contributed by atoms with Crippen LogP contribution in [0.25, 0.3) is 10.9 Å². The Morgan fingerprint density at radius 2 is 1.43 bits per heavy atom. The van der Waals surface area contributed by atoms with E-state index in [1.165, 1.54) is 11.8 Å².